The Morgan fingerprint density at radius 3 is 2.55 bits per heavy atom. The van der Waals surface area contributed by atoms with Crippen LogP contribution in [0.3, 0.4) is 0 Å². The van der Waals surface area contributed by atoms with Crippen LogP contribution in [0.5, 0.6) is 5.88 Å². The summed E-state index contributed by atoms with van der Waals surface area (Å²) >= 11 is 0. The molecule has 14 heteroatoms. The number of hydrogen-bond acceptors (Lipinski definition) is 7. The standard InChI is InChI=1S/C28H32F5N7O2/c1-6-16-11-37-26(41)20-25(36-12-17-9-13(2)40(5)39-17)23(30)24(38-27(20)42-14(3)7-8-35-16)18-10-19(34)22(29)15(4)21(18)28(31,32)33/h6,9-10,14,35H,7-8,11-12,34H2,1-5H3,(H,36,38)(H,37,41)/b16-6-/t14-/m0/s1. The van der Waals surface area contributed by atoms with Crippen molar-refractivity contribution in [2.75, 3.05) is 24.1 Å². The minimum atomic E-state index is -5.08. The van der Waals surface area contributed by atoms with E-state index in [2.05, 4.69) is 26.0 Å². The topological polar surface area (TPSA) is 119 Å². The lowest BCUT2D eigenvalue weighted by atomic mass is 9.95. The summed E-state index contributed by atoms with van der Waals surface area (Å²) < 4.78 is 81.3. The first-order chi connectivity index (χ1) is 19.7. The fourth-order valence-electron chi connectivity index (χ4n) is 4.67. The van der Waals surface area contributed by atoms with E-state index in [1.54, 1.807) is 37.7 Å². The third-order valence-electron chi connectivity index (χ3n) is 7.01. The Bertz CT molecular complexity index is 1530. The molecule has 9 nitrogen and oxygen atoms in total. The lowest BCUT2D eigenvalue weighted by molar-refractivity contribution is -0.137. The minimum absolute atomic E-state index is 0.0668. The van der Waals surface area contributed by atoms with Crippen LogP contribution in [0.25, 0.3) is 11.3 Å². The average molecular weight is 594 g/mol. The maximum absolute atomic E-state index is 16.5. The van der Waals surface area contributed by atoms with Crippen LogP contribution in [-0.2, 0) is 19.8 Å². The number of aryl methyl sites for hydroxylation is 2. The largest absolute Gasteiger partial charge is 0.474 e. The highest BCUT2D eigenvalue weighted by molar-refractivity contribution is 6.03. The zero-order chi connectivity index (χ0) is 30.9. The zero-order valence-electron chi connectivity index (χ0n) is 23.8. The van der Waals surface area contributed by atoms with E-state index in [0.717, 1.165) is 12.6 Å². The molecule has 0 spiro atoms. The summed E-state index contributed by atoms with van der Waals surface area (Å²) in [6.07, 6.45) is -3.47. The molecule has 0 fully saturated rings. The van der Waals surface area contributed by atoms with E-state index in [0.29, 0.717) is 30.4 Å². The molecule has 2 aromatic heterocycles. The summed E-state index contributed by atoms with van der Waals surface area (Å²) in [5.74, 6) is -3.72. The maximum Gasteiger partial charge on any atom is 0.417 e. The lowest BCUT2D eigenvalue weighted by Crippen LogP contribution is -2.31. The fourth-order valence-corrected chi connectivity index (χ4v) is 4.67. The predicted octanol–water partition coefficient (Wildman–Crippen LogP) is 4.98. The molecule has 3 heterocycles. The second kappa shape index (κ2) is 11.9. The fraction of sp³-hybridized carbons (Fsp3) is 0.393. The van der Waals surface area contributed by atoms with E-state index < -0.39 is 69.5 Å². The van der Waals surface area contributed by atoms with E-state index in [1.807, 2.05) is 6.92 Å². The molecule has 0 radical (unpaired) electrons. The predicted molar refractivity (Wildman–Crippen MR) is 148 cm³/mol. The number of allylic oxidation sites excluding steroid dienone is 1. The number of carbonyl (C=O) groups is 1. The molecular formula is C28H32F5N7O2. The Balaban J connectivity index is 2.00. The van der Waals surface area contributed by atoms with Crippen molar-refractivity contribution in [3.63, 3.8) is 0 Å². The molecule has 1 aliphatic heterocycles. The van der Waals surface area contributed by atoms with Gasteiger partial charge in [-0.15, -0.1) is 0 Å². The third kappa shape index (κ3) is 6.11. The molecule has 0 aliphatic carbocycles. The SMILES string of the molecule is C/C=C1/CNC(=O)c2c(nc(-c3cc(N)c(F)c(C)c3C(F)(F)F)c(F)c2NCc2cc(C)n(C)n2)O[C@@H](C)CCN1. The van der Waals surface area contributed by atoms with Gasteiger partial charge in [0, 0.05) is 37.0 Å². The molecule has 226 valence electrons. The summed E-state index contributed by atoms with van der Waals surface area (Å²) in [7, 11) is 1.71. The van der Waals surface area contributed by atoms with Gasteiger partial charge in [-0.05, 0) is 45.4 Å². The number of anilines is 2. The molecule has 1 aliphatic rings. The number of rotatable bonds is 4. The van der Waals surface area contributed by atoms with Crippen LogP contribution in [0, 0.1) is 25.5 Å². The Morgan fingerprint density at radius 2 is 1.93 bits per heavy atom. The summed E-state index contributed by atoms with van der Waals surface area (Å²) in [6, 6.07) is 2.41. The van der Waals surface area contributed by atoms with Crippen LogP contribution in [0.15, 0.2) is 23.9 Å². The van der Waals surface area contributed by atoms with Crippen molar-refractivity contribution >= 4 is 17.3 Å². The molecule has 3 aromatic rings. The van der Waals surface area contributed by atoms with Crippen molar-refractivity contribution in [3.8, 4) is 17.1 Å². The quantitative estimate of drug-likeness (QED) is 0.249. The number of nitrogens with two attached hydrogens (primary N) is 1. The number of amides is 1. The lowest BCUT2D eigenvalue weighted by Gasteiger charge is -2.22. The Labute approximate surface area is 239 Å². The van der Waals surface area contributed by atoms with Gasteiger partial charge in [-0.25, -0.2) is 13.8 Å². The summed E-state index contributed by atoms with van der Waals surface area (Å²) in [5, 5.41) is 13.0. The van der Waals surface area contributed by atoms with Crippen LogP contribution in [0.1, 0.15) is 53.1 Å². The van der Waals surface area contributed by atoms with Gasteiger partial charge in [0.25, 0.3) is 5.91 Å². The Morgan fingerprint density at radius 1 is 1.21 bits per heavy atom. The van der Waals surface area contributed by atoms with Gasteiger partial charge in [0.2, 0.25) is 5.88 Å². The molecular weight excluding hydrogens is 561 g/mol. The molecule has 42 heavy (non-hydrogen) atoms. The first-order valence-electron chi connectivity index (χ1n) is 13.2. The first-order valence-corrected chi connectivity index (χ1v) is 13.2. The average Bonchev–Trinajstić information content (AvgIpc) is 3.22. The van der Waals surface area contributed by atoms with E-state index in [9.17, 15) is 22.4 Å². The maximum atomic E-state index is 16.5. The third-order valence-corrected chi connectivity index (χ3v) is 7.01. The number of benzene rings is 1. The number of fused-ring (bicyclic) bond motifs is 1. The molecule has 0 saturated heterocycles. The minimum Gasteiger partial charge on any atom is -0.474 e. The van der Waals surface area contributed by atoms with Gasteiger partial charge in [-0.3, -0.25) is 9.48 Å². The van der Waals surface area contributed by atoms with Crippen LogP contribution in [0.4, 0.5) is 33.3 Å². The van der Waals surface area contributed by atoms with E-state index >= 15 is 4.39 Å². The number of carbonyl (C=O) groups excluding carboxylic acids is 1. The van der Waals surface area contributed by atoms with Crippen LogP contribution in [-0.4, -0.2) is 39.9 Å². The number of pyridine rings is 1. The van der Waals surface area contributed by atoms with Gasteiger partial charge in [0.1, 0.15) is 17.1 Å². The molecule has 1 aromatic carbocycles. The monoisotopic (exact) mass is 593 g/mol. The van der Waals surface area contributed by atoms with Crippen molar-refractivity contribution in [1.29, 1.82) is 0 Å². The summed E-state index contributed by atoms with van der Waals surface area (Å²) in [4.78, 5) is 17.6. The van der Waals surface area contributed by atoms with Crippen LogP contribution >= 0.6 is 0 Å². The number of hydrogen-bond donors (Lipinski definition) is 4. The smallest absolute Gasteiger partial charge is 0.417 e. The molecule has 4 rings (SSSR count). The number of halogens is 5. The van der Waals surface area contributed by atoms with Crippen molar-refractivity contribution < 1.29 is 31.5 Å². The Kier molecular flexibility index (Phi) is 8.64. The Hall–Kier alpha value is -4.36. The van der Waals surface area contributed by atoms with Gasteiger partial charge in [-0.2, -0.15) is 18.3 Å². The van der Waals surface area contributed by atoms with Crippen molar-refractivity contribution in [2.45, 2.75) is 52.9 Å². The number of ether oxygens (including phenoxy) is 1. The molecule has 1 atom stereocenters. The summed E-state index contributed by atoms with van der Waals surface area (Å²) in [6.45, 7) is 6.62. The number of alkyl halides is 3. The normalized spacial score (nSPS) is 17.1. The highest BCUT2D eigenvalue weighted by Gasteiger charge is 2.39. The van der Waals surface area contributed by atoms with Gasteiger partial charge >= 0.3 is 6.18 Å². The number of nitrogens with zero attached hydrogens (tertiary/aromatic N) is 3. The summed E-state index contributed by atoms with van der Waals surface area (Å²) in [5.41, 5.74) is 2.41. The van der Waals surface area contributed by atoms with Crippen molar-refractivity contribution in [1.82, 2.24) is 25.4 Å². The van der Waals surface area contributed by atoms with E-state index in [-0.39, 0.29) is 18.7 Å². The zero-order valence-corrected chi connectivity index (χ0v) is 23.8. The van der Waals surface area contributed by atoms with Gasteiger partial charge < -0.3 is 26.4 Å². The molecule has 0 saturated carbocycles. The van der Waals surface area contributed by atoms with Gasteiger partial charge in [0.15, 0.2) is 5.82 Å². The van der Waals surface area contributed by atoms with Crippen molar-refractivity contribution in [3.05, 3.63) is 63.6 Å². The molecule has 1 amide bonds. The van der Waals surface area contributed by atoms with Gasteiger partial charge in [0.05, 0.1) is 41.8 Å². The van der Waals surface area contributed by atoms with Crippen LogP contribution < -0.4 is 26.4 Å². The van der Waals surface area contributed by atoms with E-state index in [4.69, 9.17) is 10.5 Å². The number of aromatic nitrogens is 3. The second-order valence-electron chi connectivity index (χ2n) is 10.0. The number of nitrogens with one attached hydrogen (secondary N) is 3. The number of nitrogen functional groups attached to an aromatic ring is 1. The molecule has 0 unspecified atom stereocenters. The van der Waals surface area contributed by atoms with Crippen LogP contribution in [0.2, 0.25) is 0 Å². The second-order valence-corrected chi connectivity index (χ2v) is 10.0. The highest BCUT2D eigenvalue weighted by atomic mass is 19.4. The highest BCUT2D eigenvalue weighted by Crippen LogP contribution is 2.44. The van der Waals surface area contributed by atoms with Crippen molar-refractivity contribution in [2.24, 2.45) is 7.05 Å². The first kappa shape index (κ1) is 30.6. The molecule has 0 bridgehead atoms. The van der Waals surface area contributed by atoms with E-state index in [1.165, 1.54) is 0 Å². The van der Waals surface area contributed by atoms with Gasteiger partial charge in [-0.1, -0.05) is 6.08 Å². The molecule has 5 N–H and O–H groups in total.